The quantitative estimate of drug-likeness (QED) is 0.140. The Morgan fingerprint density at radius 1 is 0.778 bits per heavy atom. The minimum atomic E-state index is -2.01. The molecular weight excluding hydrogens is 523 g/mol. The molecule has 0 saturated heterocycles. The maximum Gasteiger partial charge on any atom is 0.126 e. The largest absolute Gasteiger partial charge is 0.488 e. The van der Waals surface area contributed by atoms with Crippen molar-refractivity contribution in [1.29, 1.82) is 0 Å². The molecule has 0 radical (unpaired) electrons. The van der Waals surface area contributed by atoms with Crippen molar-refractivity contribution in [3.8, 4) is 5.75 Å². The van der Waals surface area contributed by atoms with Crippen molar-refractivity contribution in [3.63, 3.8) is 0 Å². The number of halogens is 1. The first-order valence-corrected chi connectivity index (χ1v) is 15.2. The molecule has 0 aliphatic rings. The average Bonchev–Trinajstić information content (AvgIpc) is 2.93. The number of hydrogen-bond donors (Lipinski definition) is 0. The summed E-state index contributed by atoms with van der Waals surface area (Å²) in [5.41, 5.74) is 2.39. The fourth-order valence-corrected chi connectivity index (χ4v) is 9.33. The van der Waals surface area contributed by atoms with Crippen LogP contribution in [0.25, 0.3) is 0 Å². The molecule has 4 rings (SSSR count). The normalized spacial score (nSPS) is 12.1. The first-order valence-electron chi connectivity index (χ1n) is 12.4. The van der Waals surface area contributed by atoms with E-state index in [1.54, 1.807) is 0 Å². The van der Waals surface area contributed by atoms with Crippen LogP contribution in [0.5, 0.6) is 5.75 Å². The molecule has 182 valence electrons. The Hall–Kier alpha value is -2.93. The van der Waals surface area contributed by atoms with Gasteiger partial charge in [-0.1, -0.05) is 95.7 Å². The smallest absolute Gasteiger partial charge is 0.126 e. The summed E-state index contributed by atoms with van der Waals surface area (Å²) in [4.78, 5) is 0. The van der Waals surface area contributed by atoms with E-state index in [4.69, 9.17) is 4.74 Å². The molecule has 0 saturated carbocycles. The van der Waals surface area contributed by atoms with Crippen LogP contribution in [-0.2, 0) is 12.8 Å². The Balaban J connectivity index is 1.84. The third-order valence-corrected chi connectivity index (χ3v) is 11.2. The van der Waals surface area contributed by atoms with E-state index in [0.29, 0.717) is 6.61 Å². The van der Waals surface area contributed by atoms with Crippen LogP contribution in [0.2, 0.25) is 0 Å². The zero-order chi connectivity index (χ0) is 25.2. The molecule has 3 heteroatoms. The van der Waals surface area contributed by atoms with Crippen molar-refractivity contribution in [3.05, 3.63) is 148 Å². The highest BCUT2D eigenvalue weighted by atomic mass is 79.9. The monoisotopic (exact) mass is 555 g/mol. The van der Waals surface area contributed by atoms with Crippen LogP contribution in [0.3, 0.4) is 0 Å². The Labute approximate surface area is 225 Å². The lowest BCUT2D eigenvalue weighted by Crippen LogP contribution is -2.25. The highest BCUT2D eigenvalue weighted by Crippen LogP contribution is 2.67. The fraction of sp³-hybridized carbons (Fsp3) is 0.152. The zero-order valence-electron chi connectivity index (χ0n) is 21.0. The summed E-state index contributed by atoms with van der Waals surface area (Å²) < 4.78 is 7.52. The Kier molecular flexibility index (Phi) is 9.34. The second kappa shape index (κ2) is 12.9. The summed E-state index contributed by atoms with van der Waals surface area (Å²) in [7, 11) is -2.01. The second-order valence-corrected chi connectivity index (χ2v) is 13.1. The van der Waals surface area contributed by atoms with E-state index >= 15 is 0 Å². The van der Waals surface area contributed by atoms with Gasteiger partial charge in [0.1, 0.15) is 41.7 Å². The molecule has 0 amide bonds. The molecule has 0 atom stereocenters. The first-order chi connectivity index (χ1) is 17.7. The Morgan fingerprint density at radius 3 is 1.94 bits per heavy atom. The summed E-state index contributed by atoms with van der Waals surface area (Å²) >= 11 is 3.52. The fourth-order valence-electron chi connectivity index (χ4n) is 4.59. The minimum Gasteiger partial charge on any atom is -0.488 e. The second-order valence-electron chi connectivity index (χ2n) is 8.70. The molecule has 4 aromatic carbocycles. The van der Waals surface area contributed by atoms with Crippen molar-refractivity contribution < 1.29 is 4.74 Å². The highest BCUT2D eigenvalue weighted by molar-refractivity contribution is 9.10. The molecule has 0 unspecified atom stereocenters. The Bertz CT molecular complexity index is 1260. The Morgan fingerprint density at radius 2 is 1.36 bits per heavy atom. The van der Waals surface area contributed by atoms with Gasteiger partial charge in [0.2, 0.25) is 0 Å². The molecule has 0 spiro atoms. The third-order valence-electron chi connectivity index (χ3n) is 6.27. The minimum absolute atomic E-state index is 0.541. The van der Waals surface area contributed by atoms with E-state index < -0.39 is 7.26 Å². The van der Waals surface area contributed by atoms with Gasteiger partial charge in [-0.2, -0.15) is 0 Å². The maximum atomic E-state index is 6.45. The summed E-state index contributed by atoms with van der Waals surface area (Å²) in [5, 5.41) is 4.18. The number of para-hydroxylation sites is 1. The molecule has 1 nitrogen and oxygen atoms in total. The molecule has 0 aromatic heterocycles. The van der Waals surface area contributed by atoms with Gasteiger partial charge in [-0.15, -0.1) is 0 Å². The van der Waals surface area contributed by atoms with Crippen molar-refractivity contribution in [2.45, 2.75) is 33.0 Å². The predicted molar refractivity (Wildman–Crippen MR) is 161 cm³/mol. The maximum absolute atomic E-state index is 6.45. The summed E-state index contributed by atoms with van der Waals surface area (Å²) in [6, 6.07) is 39.0. The molecule has 4 aromatic rings. The van der Waals surface area contributed by atoms with Crippen LogP contribution in [0.15, 0.2) is 137 Å². The van der Waals surface area contributed by atoms with E-state index in [1.807, 2.05) is 0 Å². The number of allylic oxidation sites excluding steroid dienone is 4. The van der Waals surface area contributed by atoms with E-state index in [1.165, 1.54) is 21.5 Å². The van der Waals surface area contributed by atoms with E-state index in [9.17, 15) is 0 Å². The van der Waals surface area contributed by atoms with Gasteiger partial charge in [-0.3, -0.25) is 0 Å². The van der Waals surface area contributed by atoms with Gasteiger partial charge in [0.25, 0.3) is 0 Å². The summed E-state index contributed by atoms with van der Waals surface area (Å²) in [6.45, 7) is 4.88. The molecular formula is C33H33BrOP+. The van der Waals surface area contributed by atoms with Gasteiger partial charge >= 0.3 is 0 Å². The predicted octanol–water partition coefficient (Wildman–Crippen LogP) is 9.07. The van der Waals surface area contributed by atoms with Crippen LogP contribution in [-0.4, -0.2) is 0 Å². The lowest BCUT2D eigenvalue weighted by Gasteiger charge is -2.29. The molecule has 36 heavy (non-hydrogen) atoms. The number of rotatable bonds is 10. The first kappa shape index (κ1) is 26.1. The van der Waals surface area contributed by atoms with Gasteiger partial charge < -0.3 is 4.74 Å². The van der Waals surface area contributed by atoms with Crippen LogP contribution in [0, 0.1) is 0 Å². The van der Waals surface area contributed by atoms with Crippen molar-refractivity contribution in [2.24, 2.45) is 0 Å². The van der Waals surface area contributed by atoms with Crippen molar-refractivity contribution in [1.82, 2.24) is 0 Å². The molecule has 0 fully saturated rings. The summed E-state index contributed by atoms with van der Waals surface area (Å²) in [5.74, 6) is 0.952. The van der Waals surface area contributed by atoms with E-state index in [2.05, 4.69) is 157 Å². The standard InChI is InChI=1S/C33H33BrOP/c1-3-13-30(14-4-2)36(31-16-7-5-8-17-31,32-18-9-6-10-19-32)26-28-15-11-12-20-33(28)35-25-27-21-23-29(34)24-22-27/h3,5-24H,4,25-26H2,1-2H3/q+1/b13-3-,30-14+. The average molecular weight is 557 g/mol. The number of ether oxygens (including phenoxy) is 1. The van der Waals surface area contributed by atoms with Gasteiger partial charge in [0.15, 0.2) is 0 Å². The summed E-state index contributed by atoms with van der Waals surface area (Å²) in [6.07, 6.45) is 8.80. The molecule has 0 aliphatic heterocycles. The van der Waals surface area contributed by atoms with Crippen LogP contribution in [0.1, 0.15) is 31.4 Å². The van der Waals surface area contributed by atoms with Crippen LogP contribution >= 0.6 is 23.2 Å². The van der Waals surface area contributed by atoms with E-state index in [-0.39, 0.29) is 0 Å². The molecule has 0 heterocycles. The van der Waals surface area contributed by atoms with Crippen molar-refractivity contribution in [2.75, 3.05) is 0 Å². The topological polar surface area (TPSA) is 9.23 Å². The van der Waals surface area contributed by atoms with E-state index in [0.717, 1.165) is 28.4 Å². The molecule has 0 N–H and O–H groups in total. The zero-order valence-corrected chi connectivity index (χ0v) is 23.5. The van der Waals surface area contributed by atoms with Gasteiger partial charge in [-0.25, -0.2) is 0 Å². The molecule has 0 bridgehead atoms. The highest BCUT2D eigenvalue weighted by Gasteiger charge is 2.46. The van der Waals surface area contributed by atoms with Crippen molar-refractivity contribution >= 4 is 33.8 Å². The van der Waals surface area contributed by atoms with Crippen LogP contribution < -0.4 is 15.3 Å². The van der Waals surface area contributed by atoms with Gasteiger partial charge in [0, 0.05) is 10.0 Å². The number of hydrogen-bond acceptors (Lipinski definition) is 1. The van der Waals surface area contributed by atoms with Gasteiger partial charge in [0.05, 0.1) is 0 Å². The van der Waals surface area contributed by atoms with Gasteiger partial charge in [-0.05, 0) is 73.5 Å². The number of benzene rings is 4. The third kappa shape index (κ3) is 6.06. The SMILES string of the molecule is C/C=C\C(=C/CC)[P+](Cc1ccccc1OCc1ccc(Br)cc1)(c1ccccc1)c1ccccc1. The molecule has 0 aliphatic carbocycles. The lowest BCUT2D eigenvalue weighted by atomic mass is 10.2. The van der Waals surface area contributed by atoms with Crippen LogP contribution in [0.4, 0.5) is 0 Å². The lowest BCUT2D eigenvalue weighted by molar-refractivity contribution is 0.304.